The monoisotopic (exact) mass is 265 g/mol. The summed E-state index contributed by atoms with van der Waals surface area (Å²) in [6.45, 7) is 4.12. The SMILES string of the molecule is CCNC(=O)C1CNCCN1C(=O)c1cncn1C. The van der Waals surface area contributed by atoms with Gasteiger partial charge in [-0.3, -0.25) is 9.59 Å². The smallest absolute Gasteiger partial charge is 0.272 e. The molecule has 1 aliphatic rings. The van der Waals surface area contributed by atoms with Crippen LogP contribution in [-0.2, 0) is 11.8 Å². The minimum absolute atomic E-state index is 0.120. The van der Waals surface area contributed by atoms with Crippen LogP contribution < -0.4 is 10.6 Å². The molecular formula is C12H19N5O2. The first-order valence-corrected chi connectivity index (χ1v) is 6.41. The third-order valence-corrected chi connectivity index (χ3v) is 3.19. The highest BCUT2D eigenvalue weighted by Crippen LogP contribution is 2.10. The standard InChI is InChI=1S/C12H19N5O2/c1-3-15-11(18)9-6-13-4-5-17(9)12(19)10-7-14-8-16(10)2/h7-9,13H,3-6H2,1-2H3,(H,15,18). The quantitative estimate of drug-likeness (QED) is 0.732. The van der Waals surface area contributed by atoms with E-state index in [0.717, 1.165) is 0 Å². The molecule has 104 valence electrons. The van der Waals surface area contributed by atoms with Crippen molar-refractivity contribution in [3.8, 4) is 0 Å². The van der Waals surface area contributed by atoms with Crippen molar-refractivity contribution in [3.63, 3.8) is 0 Å². The summed E-state index contributed by atoms with van der Waals surface area (Å²) in [6.07, 6.45) is 3.11. The molecule has 2 amide bonds. The summed E-state index contributed by atoms with van der Waals surface area (Å²) in [4.78, 5) is 30.0. The van der Waals surface area contributed by atoms with Gasteiger partial charge in [0.2, 0.25) is 5.91 Å². The zero-order chi connectivity index (χ0) is 13.8. The molecule has 1 aromatic heterocycles. The Morgan fingerprint density at radius 2 is 2.37 bits per heavy atom. The zero-order valence-corrected chi connectivity index (χ0v) is 11.2. The molecule has 0 spiro atoms. The third-order valence-electron chi connectivity index (χ3n) is 3.19. The number of amides is 2. The number of nitrogens with zero attached hydrogens (tertiary/aromatic N) is 3. The van der Waals surface area contributed by atoms with Gasteiger partial charge >= 0.3 is 0 Å². The molecule has 0 saturated carbocycles. The first-order valence-electron chi connectivity index (χ1n) is 6.41. The number of hydrogen-bond acceptors (Lipinski definition) is 4. The number of rotatable bonds is 3. The van der Waals surface area contributed by atoms with Gasteiger partial charge in [-0.05, 0) is 6.92 Å². The molecule has 0 aromatic carbocycles. The fourth-order valence-corrected chi connectivity index (χ4v) is 2.18. The molecule has 0 bridgehead atoms. The molecule has 0 radical (unpaired) electrons. The van der Waals surface area contributed by atoms with E-state index in [1.807, 2.05) is 6.92 Å². The zero-order valence-electron chi connectivity index (χ0n) is 11.2. The second-order valence-electron chi connectivity index (χ2n) is 4.50. The van der Waals surface area contributed by atoms with Crippen molar-refractivity contribution in [3.05, 3.63) is 18.2 Å². The predicted octanol–water partition coefficient (Wildman–Crippen LogP) is -1.03. The Kier molecular flexibility index (Phi) is 4.16. The molecule has 7 nitrogen and oxygen atoms in total. The highest BCUT2D eigenvalue weighted by atomic mass is 16.2. The topological polar surface area (TPSA) is 79.3 Å². The van der Waals surface area contributed by atoms with Crippen LogP contribution in [0.4, 0.5) is 0 Å². The van der Waals surface area contributed by atoms with Gasteiger partial charge in [0.05, 0.1) is 12.5 Å². The van der Waals surface area contributed by atoms with Crippen LogP contribution in [0.3, 0.4) is 0 Å². The van der Waals surface area contributed by atoms with E-state index < -0.39 is 6.04 Å². The Hall–Kier alpha value is -1.89. The minimum atomic E-state index is -0.462. The number of hydrogen-bond donors (Lipinski definition) is 2. The highest BCUT2D eigenvalue weighted by Gasteiger charge is 2.33. The Labute approximate surface area is 112 Å². The van der Waals surface area contributed by atoms with Crippen molar-refractivity contribution in [2.45, 2.75) is 13.0 Å². The summed E-state index contributed by atoms with van der Waals surface area (Å²) in [5.41, 5.74) is 0.496. The Morgan fingerprint density at radius 3 is 3.00 bits per heavy atom. The normalized spacial score (nSPS) is 19.3. The second kappa shape index (κ2) is 5.83. The molecule has 19 heavy (non-hydrogen) atoms. The fraction of sp³-hybridized carbons (Fsp3) is 0.583. The molecule has 2 rings (SSSR count). The number of imidazole rings is 1. The van der Waals surface area contributed by atoms with E-state index in [2.05, 4.69) is 15.6 Å². The first-order chi connectivity index (χ1) is 9.15. The second-order valence-corrected chi connectivity index (χ2v) is 4.50. The van der Waals surface area contributed by atoms with Crippen LogP contribution in [0.15, 0.2) is 12.5 Å². The molecule has 2 heterocycles. The maximum absolute atomic E-state index is 12.5. The number of nitrogens with one attached hydrogen (secondary N) is 2. The minimum Gasteiger partial charge on any atom is -0.355 e. The van der Waals surface area contributed by atoms with Crippen LogP contribution >= 0.6 is 0 Å². The van der Waals surface area contributed by atoms with E-state index in [0.29, 0.717) is 31.9 Å². The number of aryl methyl sites for hydroxylation is 1. The summed E-state index contributed by atoms with van der Waals surface area (Å²) in [6, 6.07) is -0.462. The summed E-state index contributed by atoms with van der Waals surface area (Å²) in [5, 5.41) is 5.91. The molecule has 1 fully saturated rings. The van der Waals surface area contributed by atoms with Crippen LogP contribution in [-0.4, -0.2) is 58.5 Å². The lowest BCUT2D eigenvalue weighted by molar-refractivity contribution is -0.126. The Bertz CT molecular complexity index is 470. The molecule has 1 aliphatic heterocycles. The third kappa shape index (κ3) is 2.76. The van der Waals surface area contributed by atoms with Gasteiger partial charge in [-0.15, -0.1) is 0 Å². The first kappa shape index (κ1) is 13.5. The molecule has 7 heteroatoms. The Morgan fingerprint density at radius 1 is 1.58 bits per heavy atom. The molecule has 1 atom stereocenters. The number of carbonyl (C=O) groups is 2. The van der Waals surface area contributed by atoms with E-state index in [-0.39, 0.29) is 11.8 Å². The van der Waals surface area contributed by atoms with Crippen molar-refractivity contribution in [2.24, 2.45) is 7.05 Å². The lowest BCUT2D eigenvalue weighted by Crippen LogP contribution is -2.59. The summed E-state index contributed by atoms with van der Waals surface area (Å²) >= 11 is 0. The van der Waals surface area contributed by atoms with Crippen molar-refractivity contribution < 1.29 is 9.59 Å². The van der Waals surface area contributed by atoms with Crippen molar-refractivity contribution in [1.82, 2.24) is 25.1 Å². The number of aromatic nitrogens is 2. The number of piperazine rings is 1. The Balaban J connectivity index is 2.18. The van der Waals surface area contributed by atoms with Crippen LogP contribution in [0.25, 0.3) is 0 Å². The van der Waals surface area contributed by atoms with E-state index in [4.69, 9.17) is 0 Å². The average molecular weight is 265 g/mol. The van der Waals surface area contributed by atoms with Gasteiger partial charge in [-0.1, -0.05) is 0 Å². The maximum atomic E-state index is 12.5. The van der Waals surface area contributed by atoms with Gasteiger partial charge in [-0.2, -0.15) is 0 Å². The van der Waals surface area contributed by atoms with Gasteiger partial charge < -0.3 is 20.1 Å². The van der Waals surface area contributed by atoms with Crippen molar-refractivity contribution in [2.75, 3.05) is 26.2 Å². The summed E-state index contributed by atoms with van der Waals surface area (Å²) < 4.78 is 1.67. The number of likely N-dealkylation sites (N-methyl/N-ethyl adjacent to an activating group) is 1. The largest absolute Gasteiger partial charge is 0.355 e. The van der Waals surface area contributed by atoms with Gasteiger partial charge in [-0.25, -0.2) is 4.98 Å². The molecular weight excluding hydrogens is 246 g/mol. The van der Waals surface area contributed by atoms with E-state index in [9.17, 15) is 9.59 Å². The fourth-order valence-electron chi connectivity index (χ4n) is 2.18. The van der Waals surface area contributed by atoms with Gasteiger partial charge in [0.1, 0.15) is 11.7 Å². The van der Waals surface area contributed by atoms with Crippen LogP contribution in [0.5, 0.6) is 0 Å². The summed E-state index contributed by atoms with van der Waals surface area (Å²) in [7, 11) is 1.77. The van der Waals surface area contributed by atoms with Crippen molar-refractivity contribution in [1.29, 1.82) is 0 Å². The summed E-state index contributed by atoms with van der Waals surface area (Å²) in [5.74, 6) is -0.275. The highest BCUT2D eigenvalue weighted by molar-refractivity contribution is 5.96. The van der Waals surface area contributed by atoms with Crippen LogP contribution in [0.1, 0.15) is 17.4 Å². The molecule has 2 N–H and O–H groups in total. The van der Waals surface area contributed by atoms with Gasteiger partial charge in [0, 0.05) is 33.2 Å². The molecule has 1 saturated heterocycles. The number of carbonyl (C=O) groups excluding carboxylic acids is 2. The van der Waals surface area contributed by atoms with Gasteiger partial charge in [0.25, 0.3) is 5.91 Å². The molecule has 1 unspecified atom stereocenters. The van der Waals surface area contributed by atoms with Crippen molar-refractivity contribution >= 4 is 11.8 Å². The molecule has 0 aliphatic carbocycles. The van der Waals surface area contributed by atoms with E-state index >= 15 is 0 Å². The average Bonchev–Trinajstić information content (AvgIpc) is 2.84. The van der Waals surface area contributed by atoms with Crippen LogP contribution in [0.2, 0.25) is 0 Å². The molecule has 1 aromatic rings. The maximum Gasteiger partial charge on any atom is 0.272 e. The van der Waals surface area contributed by atoms with E-state index in [1.165, 1.54) is 6.20 Å². The van der Waals surface area contributed by atoms with Gasteiger partial charge in [0.15, 0.2) is 0 Å². The lowest BCUT2D eigenvalue weighted by Gasteiger charge is -2.35. The van der Waals surface area contributed by atoms with Crippen LogP contribution in [0, 0.1) is 0 Å². The van der Waals surface area contributed by atoms with E-state index in [1.54, 1.807) is 22.8 Å². The lowest BCUT2D eigenvalue weighted by atomic mass is 10.1. The predicted molar refractivity (Wildman–Crippen MR) is 69.6 cm³/mol.